The van der Waals surface area contributed by atoms with Crippen molar-refractivity contribution < 1.29 is 28.2 Å². The molecule has 8 heteroatoms. The second-order valence-electron chi connectivity index (χ2n) is 7.36. The van der Waals surface area contributed by atoms with Crippen LogP contribution >= 0.6 is 0 Å². The van der Waals surface area contributed by atoms with Crippen LogP contribution < -0.4 is 20.4 Å². The van der Waals surface area contributed by atoms with Crippen molar-refractivity contribution in [3.8, 4) is 0 Å². The normalized spacial score (nSPS) is 20.0. The van der Waals surface area contributed by atoms with Gasteiger partial charge in [-0.3, -0.25) is 9.59 Å². The van der Waals surface area contributed by atoms with Gasteiger partial charge < -0.3 is 20.4 Å². The largest absolute Gasteiger partial charge is 0.341 e. The van der Waals surface area contributed by atoms with Crippen LogP contribution in [-0.2, 0) is 9.59 Å². The highest BCUT2D eigenvalue weighted by atomic mass is 19.1. The lowest BCUT2D eigenvalue weighted by Gasteiger charge is -2.33. The highest BCUT2D eigenvalue weighted by Crippen LogP contribution is 2.13. The van der Waals surface area contributed by atoms with Crippen LogP contribution in [0.2, 0.25) is 0 Å². The van der Waals surface area contributed by atoms with Gasteiger partial charge in [0.15, 0.2) is 0 Å². The van der Waals surface area contributed by atoms with E-state index < -0.39 is 17.6 Å². The van der Waals surface area contributed by atoms with Crippen LogP contribution in [0.3, 0.4) is 0 Å². The topological polar surface area (TPSA) is 67.1 Å². The molecule has 2 aromatic rings. The van der Waals surface area contributed by atoms with Gasteiger partial charge in [-0.1, -0.05) is 24.3 Å². The molecule has 2 aromatic carbocycles. The molecule has 1 heterocycles. The van der Waals surface area contributed by atoms with E-state index >= 15 is 0 Å². The summed E-state index contributed by atoms with van der Waals surface area (Å²) < 4.78 is 27.0. The third kappa shape index (κ3) is 5.58. The van der Waals surface area contributed by atoms with Crippen molar-refractivity contribution in [2.24, 2.45) is 0 Å². The average Bonchev–Trinajstić information content (AvgIpc) is 2.72. The van der Waals surface area contributed by atoms with Crippen molar-refractivity contribution in [1.29, 1.82) is 0 Å². The van der Waals surface area contributed by atoms with Crippen LogP contribution in [0, 0.1) is 11.6 Å². The molecule has 0 aliphatic carbocycles. The number of piperazine rings is 1. The standard InChI is InChI=1S/C21H24F2N4O2/c1-26-10-12-27(13-11-26)19(15-6-8-16(22)9-7-15)14-24-20(28)21(29)25-18-5-3-2-4-17(18)23/h2-9,19H,10-14H2,1H3,(H,24,28)(H,25,29)/p+2/t19-/m0/s1. The minimum Gasteiger partial charge on any atom is -0.341 e. The Morgan fingerprint density at radius 2 is 1.62 bits per heavy atom. The quantitative estimate of drug-likeness (QED) is 0.492. The van der Waals surface area contributed by atoms with E-state index in [1.807, 2.05) is 0 Å². The summed E-state index contributed by atoms with van der Waals surface area (Å²) in [6.07, 6.45) is 0. The van der Waals surface area contributed by atoms with Crippen molar-refractivity contribution in [1.82, 2.24) is 5.32 Å². The number of likely N-dealkylation sites (N-methyl/N-ethyl adjacent to an activating group) is 1. The van der Waals surface area contributed by atoms with Crippen LogP contribution in [0.4, 0.5) is 14.5 Å². The van der Waals surface area contributed by atoms with Gasteiger partial charge in [-0.15, -0.1) is 0 Å². The molecule has 2 amide bonds. The van der Waals surface area contributed by atoms with Gasteiger partial charge in [0.2, 0.25) is 0 Å². The predicted octanol–water partition coefficient (Wildman–Crippen LogP) is -0.826. The van der Waals surface area contributed by atoms with E-state index in [2.05, 4.69) is 17.7 Å². The number of anilines is 1. The average molecular weight is 404 g/mol. The van der Waals surface area contributed by atoms with Gasteiger partial charge in [0.1, 0.15) is 43.9 Å². The van der Waals surface area contributed by atoms with E-state index in [1.54, 1.807) is 18.2 Å². The summed E-state index contributed by atoms with van der Waals surface area (Å²) in [6, 6.07) is 11.8. The second-order valence-corrected chi connectivity index (χ2v) is 7.36. The van der Waals surface area contributed by atoms with E-state index in [4.69, 9.17) is 0 Å². The van der Waals surface area contributed by atoms with Crippen LogP contribution in [0.15, 0.2) is 48.5 Å². The fourth-order valence-corrected chi connectivity index (χ4v) is 3.56. The summed E-state index contributed by atoms with van der Waals surface area (Å²) in [5.41, 5.74) is 0.853. The number of benzene rings is 2. The predicted molar refractivity (Wildman–Crippen MR) is 104 cm³/mol. The third-order valence-electron chi connectivity index (χ3n) is 5.31. The smallest absolute Gasteiger partial charge is 0.313 e. The summed E-state index contributed by atoms with van der Waals surface area (Å²) >= 11 is 0. The summed E-state index contributed by atoms with van der Waals surface area (Å²) in [5, 5.41) is 4.93. The minimum atomic E-state index is -0.925. The first-order chi connectivity index (χ1) is 13.9. The molecule has 1 atom stereocenters. The van der Waals surface area contributed by atoms with Crippen LogP contribution in [0.5, 0.6) is 0 Å². The Kier molecular flexibility index (Phi) is 6.90. The lowest BCUT2D eigenvalue weighted by molar-refractivity contribution is -1.02. The number of hydrogen-bond acceptors (Lipinski definition) is 2. The Morgan fingerprint density at radius 1 is 0.966 bits per heavy atom. The number of halogens is 2. The van der Waals surface area contributed by atoms with Crippen molar-refractivity contribution in [3.63, 3.8) is 0 Å². The van der Waals surface area contributed by atoms with Crippen LogP contribution in [-0.4, -0.2) is 51.6 Å². The van der Waals surface area contributed by atoms with E-state index in [-0.39, 0.29) is 24.1 Å². The third-order valence-corrected chi connectivity index (χ3v) is 5.31. The van der Waals surface area contributed by atoms with Crippen LogP contribution in [0.1, 0.15) is 11.6 Å². The zero-order chi connectivity index (χ0) is 20.8. The lowest BCUT2D eigenvalue weighted by Crippen LogP contribution is -3.27. The monoisotopic (exact) mass is 404 g/mol. The van der Waals surface area contributed by atoms with Gasteiger partial charge in [-0.2, -0.15) is 0 Å². The molecule has 154 valence electrons. The van der Waals surface area contributed by atoms with Crippen molar-refractivity contribution in [2.75, 3.05) is 45.1 Å². The Balaban J connectivity index is 1.65. The fourth-order valence-electron chi connectivity index (χ4n) is 3.56. The molecule has 0 saturated carbocycles. The number of para-hydroxylation sites is 1. The molecule has 29 heavy (non-hydrogen) atoms. The number of amides is 2. The molecule has 1 aliphatic heterocycles. The van der Waals surface area contributed by atoms with Gasteiger partial charge in [0, 0.05) is 5.56 Å². The number of carbonyl (C=O) groups is 2. The van der Waals surface area contributed by atoms with Gasteiger partial charge >= 0.3 is 11.8 Å². The van der Waals surface area contributed by atoms with Gasteiger partial charge in [0.25, 0.3) is 0 Å². The van der Waals surface area contributed by atoms with Crippen molar-refractivity contribution >= 4 is 17.5 Å². The molecular weight excluding hydrogens is 378 g/mol. The molecule has 0 bridgehead atoms. The highest BCUT2D eigenvalue weighted by molar-refractivity contribution is 6.39. The van der Waals surface area contributed by atoms with Crippen molar-refractivity contribution in [2.45, 2.75) is 6.04 Å². The molecule has 1 saturated heterocycles. The summed E-state index contributed by atoms with van der Waals surface area (Å²) in [5.74, 6) is -2.69. The molecule has 4 N–H and O–H groups in total. The Morgan fingerprint density at radius 3 is 2.28 bits per heavy atom. The molecule has 1 aliphatic rings. The van der Waals surface area contributed by atoms with Gasteiger partial charge in [-0.05, 0) is 24.3 Å². The first kappa shape index (κ1) is 20.9. The first-order valence-electron chi connectivity index (χ1n) is 9.69. The number of carbonyl (C=O) groups excluding carboxylic acids is 2. The molecule has 0 radical (unpaired) electrons. The SMILES string of the molecule is C[NH+]1CC[NH+]([C@@H](CNC(=O)C(=O)Nc2ccccc2F)c2ccc(F)cc2)CC1. The molecule has 3 rings (SSSR count). The maximum Gasteiger partial charge on any atom is 0.313 e. The molecule has 0 unspecified atom stereocenters. The summed E-state index contributed by atoms with van der Waals surface area (Å²) in [7, 11) is 2.14. The zero-order valence-corrected chi connectivity index (χ0v) is 16.3. The van der Waals surface area contributed by atoms with Crippen LogP contribution in [0.25, 0.3) is 0 Å². The molecule has 0 aromatic heterocycles. The molecular formula is C21H26F2N4O2+2. The summed E-state index contributed by atoms with van der Waals surface area (Å²) in [4.78, 5) is 27.1. The Labute approximate surface area is 168 Å². The van der Waals surface area contributed by atoms with Gasteiger partial charge in [0.05, 0.1) is 19.3 Å². The Bertz CT molecular complexity index is 852. The number of quaternary nitrogens is 2. The zero-order valence-electron chi connectivity index (χ0n) is 16.3. The lowest BCUT2D eigenvalue weighted by atomic mass is 10.0. The highest BCUT2D eigenvalue weighted by Gasteiger charge is 2.30. The Hall–Kier alpha value is -2.84. The minimum absolute atomic E-state index is 0.0459. The number of hydrogen-bond donors (Lipinski definition) is 4. The molecule has 1 fully saturated rings. The van der Waals surface area contributed by atoms with E-state index in [0.29, 0.717) is 0 Å². The number of rotatable bonds is 5. The van der Waals surface area contributed by atoms with Crippen molar-refractivity contribution in [3.05, 3.63) is 65.7 Å². The molecule has 6 nitrogen and oxygen atoms in total. The fraction of sp³-hybridized carbons (Fsp3) is 0.333. The van der Waals surface area contributed by atoms with Gasteiger partial charge in [-0.25, -0.2) is 8.78 Å². The first-order valence-corrected chi connectivity index (χ1v) is 9.69. The molecule has 0 spiro atoms. The second kappa shape index (κ2) is 9.58. The van der Waals surface area contributed by atoms with E-state index in [0.717, 1.165) is 31.7 Å². The maximum atomic E-state index is 13.7. The van der Waals surface area contributed by atoms with E-state index in [9.17, 15) is 18.4 Å². The van der Waals surface area contributed by atoms with E-state index in [1.165, 1.54) is 40.1 Å². The maximum absolute atomic E-state index is 13.7. The number of nitrogens with one attached hydrogen (secondary N) is 4. The summed E-state index contributed by atoms with van der Waals surface area (Å²) in [6.45, 7) is 4.03.